The van der Waals surface area contributed by atoms with Crippen LogP contribution >= 0.6 is 0 Å². The second-order valence-corrected chi connectivity index (χ2v) is 4.53. The lowest BCUT2D eigenvalue weighted by atomic mass is 10.1. The van der Waals surface area contributed by atoms with Crippen molar-refractivity contribution in [3.8, 4) is 0 Å². The van der Waals surface area contributed by atoms with E-state index in [0.29, 0.717) is 10.9 Å². The lowest BCUT2D eigenvalue weighted by Crippen LogP contribution is -2.12. The molecule has 0 atom stereocenters. The van der Waals surface area contributed by atoms with Crippen LogP contribution in [0, 0.1) is 0 Å². The average molecular weight is 280 g/mol. The van der Waals surface area contributed by atoms with Crippen molar-refractivity contribution in [1.29, 1.82) is 0 Å². The van der Waals surface area contributed by atoms with E-state index in [2.05, 4.69) is 9.97 Å². The predicted octanol–water partition coefficient (Wildman–Crippen LogP) is 2.28. The van der Waals surface area contributed by atoms with E-state index in [0.717, 1.165) is 5.56 Å². The zero-order valence-electron chi connectivity index (χ0n) is 11.1. The molecule has 1 N–H and O–H groups in total. The first-order valence-corrected chi connectivity index (χ1v) is 6.42. The fourth-order valence-corrected chi connectivity index (χ4v) is 2.08. The smallest absolute Gasteiger partial charge is 0.339 e. The van der Waals surface area contributed by atoms with E-state index >= 15 is 0 Å². The minimum atomic E-state index is -0.527. The van der Waals surface area contributed by atoms with E-state index in [9.17, 15) is 9.59 Å². The number of nitrogens with one attached hydrogen (secondary N) is 1. The maximum Gasteiger partial charge on any atom is 0.339 e. The van der Waals surface area contributed by atoms with E-state index in [1.54, 1.807) is 42.7 Å². The molecule has 21 heavy (non-hydrogen) atoms. The molecule has 5 nitrogen and oxygen atoms in total. The van der Waals surface area contributed by atoms with Gasteiger partial charge >= 0.3 is 5.97 Å². The van der Waals surface area contributed by atoms with Crippen molar-refractivity contribution in [3.05, 3.63) is 76.3 Å². The first kappa shape index (κ1) is 13.1. The Balaban J connectivity index is 1.89. The maximum absolute atomic E-state index is 12.2. The molecule has 0 bridgehead atoms. The van der Waals surface area contributed by atoms with Crippen molar-refractivity contribution >= 4 is 16.9 Å². The summed E-state index contributed by atoms with van der Waals surface area (Å²) in [5.74, 6) is -0.527. The Labute approximate surface area is 120 Å². The number of fused-ring (bicyclic) bond motifs is 1. The minimum Gasteiger partial charge on any atom is -0.457 e. The van der Waals surface area contributed by atoms with Gasteiger partial charge in [0, 0.05) is 34.9 Å². The molecule has 0 spiro atoms. The Hall–Kier alpha value is -2.95. The van der Waals surface area contributed by atoms with Crippen LogP contribution in [0.2, 0.25) is 0 Å². The van der Waals surface area contributed by atoms with Gasteiger partial charge in [-0.05, 0) is 12.1 Å². The fourth-order valence-electron chi connectivity index (χ4n) is 2.08. The van der Waals surface area contributed by atoms with Crippen LogP contribution in [0.25, 0.3) is 10.9 Å². The van der Waals surface area contributed by atoms with E-state index in [1.165, 1.54) is 6.07 Å². The molecule has 104 valence electrons. The van der Waals surface area contributed by atoms with Crippen molar-refractivity contribution in [3.63, 3.8) is 0 Å². The summed E-state index contributed by atoms with van der Waals surface area (Å²) >= 11 is 0. The number of ether oxygens (including phenoxy) is 1. The van der Waals surface area contributed by atoms with E-state index in [1.807, 2.05) is 6.07 Å². The number of para-hydroxylation sites is 1. The number of H-pyrrole nitrogens is 1. The number of pyridine rings is 2. The lowest BCUT2D eigenvalue weighted by molar-refractivity contribution is 0.0474. The zero-order chi connectivity index (χ0) is 14.7. The van der Waals surface area contributed by atoms with Crippen LogP contribution in [0.3, 0.4) is 0 Å². The van der Waals surface area contributed by atoms with Crippen molar-refractivity contribution in [2.45, 2.75) is 6.61 Å². The number of hydrogen-bond acceptors (Lipinski definition) is 4. The van der Waals surface area contributed by atoms with Gasteiger partial charge < -0.3 is 9.72 Å². The third-order valence-electron chi connectivity index (χ3n) is 3.06. The normalized spacial score (nSPS) is 10.5. The third kappa shape index (κ3) is 2.81. The second-order valence-electron chi connectivity index (χ2n) is 4.53. The SMILES string of the molecule is O=C(OCc1cccnc1)c1cc(=O)[nH]c2ccccc12. The van der Waals surface area contributed by atoms with E-state index in [-0.39, 0.29) is 17.7 Å². The topological polar surface area (TPSA) is 72.0 Å². The van der Waals surface area contributed by atoms with E-state index < -0.39 is 5.97 Å². The molecule has 0 fully saturated rings. The molecule has 5 heteroatoms. The highest BCUT2D eigenvalue weighted by atomic mass is 16.5. The van der Waals surface area contributed by atoms with Crippen LogP contribution in [0.15, 0.2) is 59.7 Å². The summed E-state index contributed by atoms with van der Waals surface area (Å²) in [6.45, 7) is 0.119. The van der Waals surface area contributed by atoms with Crippen LogP contribution in [-0.4, -0.2) is 15.9 Å². The van der Waals surface area contributed by atoms with Gasteiger partial charge in [-0.3, -0.25) is 9.78 Å². The van der Waals surface area contributed by atoms with Crippen molar-refractivity contribution in [2.24, 2.45) is 0 Å². The van der Waals surface area contributed by atoms with Gasteiger partial charge in [-0.1, -0.05) is 24.3 Å². The quantitative estimate of drug-likeness (QED) is 0.747. The first-order chi connectivity index (χ1) is 10.2. The number of nitrogens with zero attached hydrogens (tertiary/aromatic N) is 1. The van der Waals surface area contributed by atoms with Gasteiger partial charge in [0.1, 0.15) is 6.61 Å². The number of rotatable bonds is 3. The van der Waals surface area contributed by atoms with Crippen LogP contribution in [0.5, 0.6) is 0 Å². The molecular weight excluding hydrogens is 268 g/mol. The molecule has 0 aliphatic carbocycles. The predicted molar refractivity (Wildman–Crippen MR) is 77.9 cm³/mol. The van der Waals surface area contributed by atoms with Gasteiger partial charge in [0.25, 0.3) is 0 Å². The zero-order valence-corrected chi connectivity index (χ0v) is 11.1. The molecule has 0 radical (unpaired) electrons. The number of aromatic amines is 1. The summed E-state index contributed by atoms with van der Waals surface area (Å²) in [7, 11) is 0. The highest BCUT2D eigenvalue weighted by Crippen LogP contribution is 2.16. The summed E-state index contributed by atoms with van der Waals surface area (Å²) in [4.78, 5) is 30.4. The molecular formula is C16H12N2O3. The Kier molecular flexibility index (Phi) is 3.47. The maximum atomic E-state index is 12.2. The number of carbonyl (C=O) groups is 1. The van der Waals surface area contributed by atoms with Crippen molar-refractivity contribution < 1.29 is 9.53 Å². The molecule has 1 aromatic carbocycles. The van der Waals surface area contributed by atoms with Gasteiger partial charge in [0.15, 0.2) is 0 Å². The summed E-state index contributed by atoms with van der Waals surface area (Å²) in [6.07, 6.45) is 3.28. The minimum absolute atomic E-state index is 0.119. The van der Waals surface area contributed by atoms with Gasteiger partial charge in [0.2, 0.25) is 5.56 Å². The summed E-state index contributed by atoms with van der Waals surface area (Å²) in [6, 6.07) is 12.0. The van der Waals surface area contributed by atoms with Gasteiger partial charge in [-0.2, -0.15) is 0 Å². The highest BCUT2D eigenvalue weighted by Gasteiger charge is 2.13. The number of benzene rings is 1. The van der Waals surface area contributed by atoms with Gasteiger partial charge in [-0.25, -0.2) is 4.79 Å². The molecule has 0 amide bonds. The molecule has 2 aromatic heterocycles. The van der Waals surface area contributed by atoms with Crippen molar-refractivity contribution in [1.82, 2.24) is 9.97 Å². The summed E-state index contributed by atoms with van der Waals surface area (Å²) in [5, 5.41) is 0.660. The molecule has 0 aliphatic heterocycles. The number of esters is 1. The average Bonchev–Trinajstić information content (AvgIpc) is 2.52. The standard InChI is InChI=1S/C16H12N2O3/c19-15-8-13(12-5-1-2-6-14(12)18-15)16(20)21-10-11-4-3-7-17-9-11/h1-9H,10H2,(H,18,19). The Bertz CT molecular complexity index is 841. The second kappa shape index (κ2) is 5.58. The third-order valence-corrected chi connectivity index (χ3v) is 3.06. The molecule has 3 aromatic rings. The Morgan fingerprint density at radius 3 is 2.86 bits per heavy atom. The molecule has 0 aliphatic rings. The molecule has 0 saturated carbocycles. The number of carbonyl (C=O) groups excluding carboxylic acids is 1. The van der Waals surface area contributed by atoms with Gasteiger partial charge in [-0.15, -0.1) is 0 Å². The molecule has 0 saturated heterocycles. The van der Waals surface area contributed by atoms with Crippen LogP contribution in [0.1, 0.15) is 15.9 Å². The fraction of sp³-hybridized carbons (Fsp3) is 0.0625. The van der Waals surface area contributed by atoms with Crippen molar-refractivity contribution in [2.75, 3.05) is 0 Å². The number of aromatic nitrogens is 2. The molecule has 2 heterocycles. The van der Waals surface area contributed by atoms with E-state index in [4.69, 9.17) is 4.74 Å². The van der Waals surface area contributed by atoms with Gasteiger partial charge in [0.05, 0.1) is 5.56 Å². The van der Waals surface area contributed by atoms with Crippen LogP contribution < -0.4 is 5.56 Å². The Morgan fingerprint density at radius 1 is 1.19 bits per heavy atom. The monoisotopic (exact) mass is 280 g/mol. The molecule has 3 rings (SSSR count). The number of hydrogen-bond donors (Lipinski definition) is 1. The highest BCUT2D eigenvalue weighted by molar-refractivity contribution is 6.03. The Morgan fingerprint density at radius 2 is 2.05 bits per heavy atom. The molecule has 0 unspecified atom stereocenters. The van der Waals surface area contributed by atoms with Crippen LogP contribution in [0.4, 0.5) is 0 Å². The summed E-state index contributed by atoms with van der Waals surface area (Å²) < 4.78 is 5.25. The van der Waals surface area contributed by atoms with Crippen LogP contribution in [-0.2, 0) is 11.3 Å². The lowest BCUT2D eigenvalue weighted by Gasteiger charge is -2.07. The largest absolute Gasteiger partial charge is 0.457 e. The summed E-state index contributed by atoms with van der Waals surface area (Å²) in [5.41, 5.74) is 1.33. The first-order valence-electron chi connectivity index (χ1n) is 6.42.